The summed E-state index contributed by atoms with van der Waals surface area (Å²) in [6, 6.07) is 25.1. The molecule has 0 heterocycles. The highest BCUT2D eigenvalue weighted by atomic mass is 16.6. The van der Waals surface area contributed by atoms with Crippen molar-refractivity contribution in [3.8, 4) is 0 Å². The topological polar surface area (TPSA) is 163 Å². The summed E-state index contributed by atoms with van der Waals surface area (Å²) in [6.07, 6.45) is -3.70. The third-order valence-corrected chi connectivity index (χ3v) is 7.93. The zero-order valence-electron chi connectivity index (χ0n) is 29.0. The maximum Gasteiger partial charge on any atom is 0.407 e. The first kappa shape index (κ1) is 39.0. The molecule has 0 spiro atoms. The number of nitrogens with one attached hydrogen (secondary N) is 3. The summed E-state index contributed by atoms with van der Waals surface area (Å²) in [6.45, 7) is 8.75. The highest BCUT2D eigenvalue weighted by Gasteiger charge is 2.33. The first-order valence-corrected chi connectivity index (χ1v) is 16.7. The molecule has 3 aromatic carbocycles. The van der Waals surface area contributed by atoms with Crippen molar-refractivity contribution in [3.63, 3.8) is 0 Å². The minimum Gasteiger partial charge on any atom is -0.530 e. The van der Waals surface area contributed by atoms with Crippen molar-refractivity contribution in [2.45, 2.75) is 89.9 Å². The highest BCUT2D eigenvalue weighted by molar-refractivity contribution is 5.85. The number of nitrogens with zero attached hydrogens (tertiary/aromatic N) is 1. The van der Waals surface area contributed by atoms with Gasteiger partial charge in [-0.15, -0.1) is 0 Å². The third kappa shape index (κ3) is 13.5. The number of rotatable bonds is 17. The second-order valence-electron chi connectivity index (χ2n) is 13.6. The van der Waals surface area contributed by atoms with Gasteiger partial charge in [0, 0.05) is 19.6 Å². The van der Waals surface area contributed by atoms with E-state index in [2.05, 4.69) is 16.0 Å². The largest absolute Gasteiger partial charge is 0.530 e. The number of alkyl carbamates (subject to hydrolysis) is 1. The minimum atomic E-state index is -1.47. The Balaban J connectivity index is 1.73. The van der Waals surface area contributed by atoms with E-state index >= 15 is 0 Å². The molecule has 0 aliphatic carbocycles. The third-order valence-electron chi connectivity index (χ3n) is 7.93. The second kappa shape index (κ2) is 18.9. The molecule has 49 heavy (non-hydrogen) atoms. The van der Waals surface area contributed by atoms with Gasteiger partial charge < -0.3 is 45.7 Å². The Bertz CT molecular complexity index is 1430. The van der Waals surface area contributed by atoms with Crippen LogP contribution in [0.1, 0.15) is 51.3 Å². The predicted octanol–water partition coefficient (Wildman–Crippen LogP) is 3.03. The molecule has 0 radical (unpaired) electrons. The van der Waals surface area contributed by atoms with Crippen LogP contribution in [0.25, 0.3) is 0 Å². The summed E-state index contributed by atoms with van der Waals surface area (Å²) in [7, 11) is 0. The number of carboxylic acid groups (broad SMARTS) is 1. The van der Waals surface area contributed by atoms with Gasteiger partial charge in [0.2, 0.25) is 5.91 Å². The van der Waals surface area contributed by atoms with Crippen LogP contribution < -0.4 is 21.1 Å². The Hall–Kier alpha value is -4.45. The first-order chi connectivity index (χ1) is 23.2. The van der Waals surface area contributed by atoms with Crippen molar-refractivity contribution < 1.29 is 34.4 Å². The van der Waals surface area contributed by atoms with Gasteiger partial charge in [-0.1, -0.05) is 105 Å². The lowest BCUT2D eigenvalue weighted by molar-refractivity contribution is -0.269. The number of ether oxygens (including phenoxy) is 1. The molecule has 0 aromatic heterocycles. The van der Waals surface area contributed by atoms with Gasteiger partial charge in [-0.25, -0.2) is 4.79 Å². The zero-order chi connectivity index (χ0) is 36.0. The number of carbonyl (C=O) groups is 3. The Labute approximate surface area is 289 Å². The van der Waals surface area contributed by atoms with Gasteiger partial charge in [-0.2, -0.15) is 0 Å². The van der Waals surface area contributed by atoms with Crippen LogP contribution in [0.5, 0.6) is 0 Å². The van der Waals surface area contributed by atoms with Crippen molar-refractivity contribution in [1.82, 2.24) is 20.9 Å². The van der Waals surface area contributed by atoms with E-state index in [0.29, 0.717) is 12.0 Å². The standard InChI is InChI=1S/C38H52N4O7/c1-26(2)34(42(37(47)48)25-29-19-13-8-14-20-29)35(45)40-30(21-27-15-9-6-10-16-27)32(43)23-39-24-33(44)31(22-28-17-11-7-12-18-28)41-36(46)49-38(3,4)5/h6-20,26,30-34,39,43-44H,21-25H2,1-5H3,(H,40,45)(H,41,46)(H,47,48)/p-1/t30-,31-,32+,33-,34-/m0/s1. The molecule has 5 atom stereocenters. The van der Waals surface area contributed by atoms with Gasteiger partial charge >= 0.3 is 6.09 Å². The van der Waals surface area contributed by atoms with E-state index in [1.165, 1.54) is 0 Å². The molecule has 0 saturated carbocycles. The minimum absolute atomic E-state index is 0.0140. The van der Waals surface area contributed by atoms with Crippen LogP contribution in [0.4, 0.5) is 9.59 Å². The van der Waals surface area contributed by atoms with Gasteiger partial charge in [-0.3, -0.25) is 4.79 Å². The molecule has 0 aliphatic heterocycles. The predicted molar refractivity (Wildman–Crippen MR) is 186 cm³/mol. The van der Waals surface area contributed by atoms with Crippen molar-refractivity contribution in [3.05, 3.63) is 108 Å². The molecule has 266 valence electrons. The van der Waals surface area contributed by atoms with Crippen LogP contribution in [0.2, 0.25) is 0 Å². The fourth-order valence-corrected chi connectivity index (χ4v) is 5.55. The average Bonchev–Trinajstić information content (AvgIpc) is 3.04. The van der Waals surface area contributed by atoms with E-state index in [1.807, 2.05) is 66.7 Å². The Morgan fingerprint density at radius 2 is 1.16 bits per heavy atom. The molecule has 5 N–H and O–H groups in total. The van der Waals surface area contributed by atoms with Crippen LogP contribution >= 0.6 is 0 Å². The SMILES string of the molecule is CC(C)[C@@H](C(=O)N[C@@H](Cc1ccccc1)[C@H](O)CNC[C@H](O)[C@H](Cc1ccccc1)NC(=O)OC(C)(C)C)N(Cc1ccccc1)C(=O)[O-]. The van der Waals surface area contributed by atoms with Crippen LogP contribution in [-0.2, 0) is 28.9 Å². The van der Waals surface area contributed by atoms with Gasteiger partial charge in [0.25, 0.3) is 0 Å². The Morgan fingerprint density at radius 1 is 0.735 bits per heavy atom. The fraction of sp³-hybridized carbons (Fsp3) is 0.447. The van der Waals surface area contributed by atoms with Crippen molar-refractivity contribution in [2.24, 2.45) is 5.92 Å². The summed E-state index contributed by atoms with van der Waals surface area (Å²) in [5.74, 6) is -0.956. The summed E-state index contributed by atoms with van der Waals surface area (Å²) in [4.78, 5) is 39.7. The van der Waals surface area contributed by atoms with Crippen molar-refractivity contribution >= 4 is 18.1 Å². The second-order valence-corrected chi connectivity index (χ2v) is 13.6. The maximum absolute atomic E-state index is 13.8. The summed E-state index contributed by atoms with van der Waals surface area (Å²) < 4.78 is 5.42. The van der Waals surface area contributed by atoms with E-state index in [9.17, 15) is 29.7 Å². The average molecular weight is 676 g/mol. The Kier molecular flexibility index (Phi) is 15.1. The number of aliphatic hydroxyl groups is 2. The van der Waals surface area contributed by atoms with Crippen LogP contribution in [0, 0.1) is 5.92 Å². The zero-order valence-corrected chi connectivity index (χ0v) is 29.0. The van der Waals surface area contributed by atoms with Gasteiger partial charge in [0.15, 0.2) is 0 Å². The number of aliphatic hydroxyl groups excluding tert-OH is 2. The molecule has 11 heteroatoms. The Morgan fingerprint density at radius 3 is 1.57 bits per heavy atom. The smallest absolute Gasteiger partial charge is 0.407 e. The van der Waals surface area contributed by atoms with Crippen molar-refractivity contribution in [1.29, 1.82) is 0 Å². The van der Waals surface area contributed by atoms with Gasteiger partial charge in [0.1, 0.15) is 17.7 Å². The van der Waals surface area contributed by atoms with E-state index in [-0.39, 0.29) is 26.1 Å². The fourth-order valence-electron chi connectivity index (χ4n) is 5.55. The molecule has 0 aliphatic rings. The molecule has 0 fully saturated rings. The van der Waals surface area contributed by atoms with E-state index in [1.54, 1.807) is 58.9 Å². The first-order valence-electron chi connectivity index (χ1n) is 16.7. The quantitative estimate of drug-likeness (QED) is 0.146. The molecular formula is C38H51N4O7-. The summed E-state index contributed by atoms with van der Waals surface area (Å²) in [5.41, 5.74) is 1.76. The molecule has 11 nitrogen and oxygen atoms in total. The lowest BCUT2D eigenvalue weighted by atomic mass is 9.97. The molecule has 0 bridgehead atoms. The number of carbonyl (C=O) groups excluding carboxylic acids is 3. The lowest BCUT2D eigenvalue weighted by Gasteiger charge is -2.37. The molecule has 3 aromatic rings. The summed E-state index contributed by atoms with van der Waals surface area (Å²) >= 11 is 0. The normalized spacial score (nSPS) is 14.6. The molecule has 3 amide bonds. The van der Waals surface area contributed by atoms with E-state index in [4.69, 9.17) is 4.74 Å². The number of hydrogen-bond donors (Lipinski definition) is 5. The van der Waals surface area contributed by atoms with Crippen molar-refractivity contribution in [2.75, 3.05) is 13.1 Å². The molecule has 3 rings (SSSR count). The van der Waals surface area contributed by atoms with Crippen LogP contribution in [0.15, 0.2) is 91.0 Å². The van der Waals surface area contributed by atoms with Crippen LogP contribution in [0.3, 0.4) is 0 Å². The molecular weight excluding hydrogens is 624 g/mol. The molecule has 0 unspecified atom stereocenters. The van der Waals surface area contributed by atoms with Crippen LogP contribution in [-0.4, -0.2) is 82.2 Å². The number of benzene rings is 3. The lowest BCUT2D eigenvalue weighted by Crippen LogP contribution is -2.59. The summed E-state index contributed by atoms with van der Waals surface area (Å²) in [5, 5.41) is 43.6. The highest BCUT2D eigenvalue weighted by Crippen LogP contribution is 2.17. The molecule has 0 saturated heterocycles. The van der Waals surface area contributed by atoms with E-state index in [0.717, 1.165) is 16.0 Å². The number of amides is 3. The van der Waals surface area contributed by atoms with Gasteiger partial charge in [0.05, 0.1) is 24.3 Å². The number of hydrogen-bond acceptors (Lipinski definition) is 8. The maximum atomic E-state index is 13.8. The van der Waals surface area contributed by atoms with E-state index < -0.39 is 59.9 Å². The monoisotopic (exact) mass is 675 g/mol. The van der Waals surface area contributed by atoms with Gasteiger partial charge in [-0.05, 0) is 56.2 Å².